The lowest BCUT2D eigenvalue weighted by molar-refractivity contribution is -0.0604. The van der Waals surface area contributed by atoms with Gasteiger partial charge in [-0.1, -0.05) is 61.8 Å². The van der Waals surface area contributed by atoms with Crippen molar-refractivity contribution in [2.24, 2.45) is 5.92 Å². The molecule has 1 nitrogen and oxygen atoms in total. The molecular weight excluding hydrogens is 316 g/mol. The highest BCUT2D eigenvalue weighted by atomic mass is 35.5. The summed E-state index contributed by atoms with van der Waals surface area (Å²) in [5.74, 6) is 0.708. The summed E-state index contributed by atoms with van der Waals surface area (Å²) < 4.78 is 6.18. The van der Waals surface area contributed by atoms with Crippen molar-refractivity contribution in [3.63, 3.8) is 0 Å². The fraction of sp³-hybridized carbons (Fsp3) is 0.455. The van der Waals surface area contributed by atoms with E-state index < -0.39 is 0 Å². The first kappa shape index (κ1) is 17.5. The molecule has 2 aromatic rings. The predicted molar refractivity (Wildman–Crippen MR) is 102 cm³/mol. The van der Waals surface area contributed by atoms with Gasteiger partial charge in [0, 0.05) is 5.02 Å². The lowest BCUT2D eigenvalue weighted by atomic mass is 9.89. The van der Waals surface area contributed by atoms with Crippen molar-refractivity contribution < 1.29 is 4.74 Å². The van der Waals surface area contributed by atoms with Crippen LogP contribution in [0.5, 0.6) is 0 Å². The first-order chi connectivity index (χ1) is 11.5. The van der Waals surface area contributed by atoms with E-state index in [4.69, 9.17) is 16.3 Å². The molecule has 1 saturated heterocycles. The standard InChI is InChI=1S/C22H27ClO/c1-4-17-5-7-18(8-6-17)13-20-14-19(9-10-21(20)23)22-12-15(2)11-16(3)24-22/h5-10,14-16,22H,4,11-13H2,1-3H3/t15-,16+,22?/m0/s1. The van der Waals surface area contributed by atoms with Crippen LogP contribution in [-0.4, -0.2) is 6.10 Å². The van der Waals surface area contributed by atoms with Crippen molar-refractivity contribution in [1.29, 1.82) is 0 Å². The topological polar surface area (TPSA) is 9.23 Å². The van der Waals surface area contributed by atoms with Crippen LogP contribution in [-0.2, 0) is 17.6 Å². The minimum absolute atomic E-state index is 0.197. The maximum atomic E-state index is 6.46. The second kappa shape index (κ2) is 7.72. The summed E-state index contributed by atoms with van der Waals surface area (Å²) in [6.07, 6.45) is 4.72. The Labute approximate surface area is 151 Å². The van der Waals surface area contributed by atoms with Gasteiger partial charge in [-0.3, -0.25) is 0 Å². The van der Waals surface area contributed by atoms with Gasteiger partial charge in [0.1, 0.15) is 0 Å². The number of aryl methyl sites for hydroxylation is 1. The lowest BCUT2D eigenvalue weighted by Crippen LogP contribution is -2.24. The van der Waals surface area contributed by atoms with Crippen molar-refractivity contribution in [2.45, 2.75) is 58.7 Å². The molecule has 0 aromatic heterocycles. The van der Waals surface area contributed by atoms with Crippen molar-refractivity contribution in [3.8, 4) is 0 Å². The Morgan fingerprint density at radius 3 is 2.38 bits per heavy atom. The van der Waals surface area contributed by atoms with Gasteiger partial charge in [-0.15, -0.1) is 0 Å². The van der Waals surface area contributed by atoms with Crippen LogP contribution in [0.1, 0.15) is 62.0 Å². The maximum Gasteiger partial charge on any atom is 0.0831 e. The van der Waals surface area contributed by atoms with Crippen molar-refractivity contribution in [3.05, 3.63) is 69.7 Å². The van der Waals surface area contributed by atoms with Crippen molar-refractivity contribution in [1.82, 2.24) is 0 Å². The molecular formula is C22H27ClO. The number of hydrogen-bond acceptors (Lipinski definition) is 1. The minimum atomic E-state index is 0.197. The van der Waals surface area contributed by atoms with E-state index in [1.54, 1.807) is 0 Å². The molecule has 0 spiro atoms. The van der Waals surface area contributed by atoms with Gasteiger partial charge in [0.25, 0.3) is 0 Å². The van der Waals surface area contributed by atoms with Gasteiger partial charge >= 0.3 is 0 Å². The molecule has 0 bridgehead atoms. The third-order valence-corrected chi connectivity index (χ3v) is 5.38. The normalized spacial score (nSPS) is 24.1. The number of ether oxygens (including phenoxy) is 1. The molecule has 1 aliphatic heterocycles. The van der Waals surface area contributed by atoms with Crippen LogP contribution in [0.25, 0.3) is 0 Å². The average molecular weight is 343 g/mol. The molecule has 1 heterocycles. The first-order valence-corrected chi connectivity index (χ1v) is 9.44. The average Bonchev–Trinajstić information content (AvgIpc) is 2.56. The molecule has 24 heavy (non-hydrogen) atoms. The third kappa shape index (κ3) is 4.20. The van der Waals surface area contributed by atoms with Gasteiger partial charge < -0.3 is 4.74 Å². The van der Waals surface area contributed by atoms with Crippen LogP contribution in [0.15, 0.2) is 42.5 Å². The molecule has 2 aromatic carbocycles. The summed E-state index contributed by atoms with van der Waals surface area (Å²) in [7, 11) is 0. The Balaban J connectivity index is 1.80. The van der Waals surface area contributed by atoms with E-state index in [0.29, 0.717) is 12.0 Å². The Morgan fingerprint density at radius 1 is 1.00 bits per heavy atom. The second-order valence-corrected chi connectivity index (χ2v) is 7.62. The summed E-state index contributed by atoms with van der Waals surface area (Å²) in [5, 5.41) is 0.843. The van der Waals surface area contributed by atoms with Gasteiger partial charge in [0.15, 0.2) is 0 Å². The Kier molecular flexibility index (Phi) is 5.63. The molecule has 1 fully saturated rings. The number of rotatable bonds is 4. The quantitative estimate of drug-likeness (QED) is 0.627. The van der Waals surface area contributed by atoms with E-state index in [9.17, 15) is 0 Å². The Morgan fingerprint density at radius 2 is 1.71 bits per heavy atom. The smallest absolute Gasteiger partial charge is 0.0831 e. The largest absolute Gasteiger partial charge is 0.371 e. The van der Waals surface area contributed by atoms with Gasteiger partial charge in [0.2, 0.25) is 0 Å². The Hall–Kier alpha value is -1.31. The third-order valence-electron chi connectivity index (χ3n) is 5.01. The van der Waals surface area contributed by atoms with E-state index in [1.807, 2.05) is 6.07 Å². The summed E-state index contributed by atoms with van der Waals surface area (Å²) in [5.41, 5.74) is 5.13. The zero-order chi connectivity index (χ0) is 17.1. The molecule has 2 heteroatoms. The van der Waals surface area contributed by atoms with Gasteiger partial charge in [0.05, 0.1) is 12.2 Å². The van der Waals surface area contributed by atoms with Crippen molar-refractivity contribution >= 4 is 11.6 Å². The SMILES string of the molecule is CCc1ccc(Cc2cc(C3C[C@@H](C)C[C@@H](C)O3)ccc2Cl)cc1. The minimum Gasteiger partial charge on any atom is -0.371 e. The summed E-state index contributed by atoms with van der Waals surface area (Å²) >= 11 is 6.46. The highest BCUT2D eigenvalue weighted by molar-refractivity contribution is 6.31. The fourth-order valence-corrected chi connectivity index (χ4v) is 3.86. The molecule has 0 radical (unpaired) electrons. The monoisotopic (exact) mass is 342 g/mol. The molecule has 1 unspecified atom stereocenters. The summed E-state index contributed by atoms with van der Waals surface area (Å²) in [6, 6.07) is 15.2. The van der Waals surface area contributed by atoms with Crippen LogP contribution in [0, 0.1) is 5.92 Å². The molecule has 128 valence electrons. The maximum absolute atomic E-state index is 6.46. The zero-order valence-electron chi connectivity index (χ0n) is 14.9. The molecule has 3 atom stereocenters. The van der Waals surface area contributed by atoms with Crippen LogP contribution in [0.4, 0.5) is 0 Å². The molecule has 0 aliphatic carbocycles. The van der Waals surface area contributed by atoms with E-state index in [0.717, 1.165) is 30.7 Å². The van der Waals surface area contributed by atoms with Crippen LogP contribution in [0.3, 0.4) is 0 Å². The van der Waals surface area contributed by atoms with Crippen LogP contribution in [0.2, 0.25) is 5.02 Å². The Bertz CT molecular complexity index is 667. The van der Waals surface area contributed by atoms with Crippen LogP contribution >= 0.6 is 11.6 Å². The second-order valence-electron chi connectivity index (χ2n) is 7.21. The van der Waals surface area contributed by atoms with Crippen LogP contribution < -0.4 is 0 Å². The summed E-state index contributed by atoms with van der Waals surface area (Å²) in [4.78, 5) is 0. The molecule has 1 aliphatic rings. The highest BCUT2D eigenvalue weighted by Crippen LogP contribution is 2.36. The fourth-order valence-electron chi connectivity index (χ4n) is 3.68. The van der Waals surface area contributed by atoms with E-state index >= 15 is 0 Å². The lowest BCUT2D eigenvalue weighted by Gasteiger charge is -2.32. The molecule has 3 rings (SSSR count). The summed E-state index contributed by atoms with van der Waals surface area (Å²) in [6.45, 7) is 6.68. The van der Waals surface area contributed by atoms with E-state index in [2.05, 4.69) is 57.2 Å². The molecule has 0 saturated carbocycles. The number of hydrogen-bond donors (Lipinski definition) is 0. The van der Waals surface area contributed by atoms with E-state index in [-0.39, 0.29) is 6.10 Å². The number of halogens is 1. The van der Waals surface area contributed by atoms with Gasteiger partial charge in [-0.2, -0.15) is 0 Å². The first-order valence-electron chi connectivity index (χ1n) is 9.06. The molecule has 0 N–H and O–H groups in total. The van der Waals surface area contributed by atoms with Gasteiger partial charge in [-0.05, 0) is 66.8 Å². The zero-order valence-corrected chi connectivity index (χ0v) is 15.6. The predicted octanol–water partition coefficient (Wildman–Crippen LogP) is 6.37. The number of benzene rings is 2. The van der Waals surface area contributed by atoms with Crippen molar-refractivity contribution in [2.75, 3.05) is 0 Å². The van der Waals surface area contributed by atoms with E-state index in [1.165, 1.54) is 22.3 Å². The van der Waals surface area contributed by atoms with Gasteiger partial charge in [-0.25, -0.2) is 0 Å². The highest BCUT2D eigenvalue weighted by Gasteiger charge is 2.26. The molecule has 0 amide bonds.